The normalized spacial score (nSPS) is 11.8. The molecule has 0 atom stereocenters. The molecule has 101 heavy (non-hydrogen) atoms. The minimum atomic E-state index is 0.267. The van der Waals surface area contributed by atoms with Gasteiger partial charge in [0.2, 0.25) is 11.2 Å². The summed E-state index contributed by atoms with van der Waals surface area (Å²) < 4.78 is 7.68. The number of halogens is 1. The molecule has 472 valence electrons. The summed E-state index contributed by atoms with van der Waals surface area (Å²) in [6.07, 6.45) is 0. The van der Waals surface area contributed by atoms with E-state index in [4.69, 9.17) is 21.6 Å². The third-order valence-electron chi connectivity index (χ3n) is 20.0. The lowest BCUT2D eigenvalue weighted by Gasteiger charge is -2.14. The van der Waals surface area contributed by atoms with Gasteiger partial charge in [-0.05, 0) is 104 Å². The highest BCUT2D eigenvalue weighted by Gasteiger charge is 2.22. The van der Waals surface area contributed by atoms with Crippen LogP contribution in [0.2, 0.25) is 5.28 Å². The van der Waals surface area contributed by atoms with Gasteiger partial charge in [0.15, 0.2) is 0 Å². The number of rotatable bonds is 5. The second kappa shape index (κ2) is 23.9. The van der Waals surface area contributed by atoms with Crippen molar-refractivity contribution in [3.05, 3.63) is 333 Å². The molecule has 16 aromatic carbocycles. The first-order valence-corrected chi connectivity index (χ1v) is 35.9. The summed E-state index contributed by atoms with van der Waals surface area (Å²) in [5, 5.41) is 22.9. The highest BCUT2D eigenvalue weighted by molar-refractivity contribution is 7.27. The molecule has 0 unspecified atom stereocenters. The first kappa shape index (κ1) is 58.7. The third kappa shape index (κ3) is 9.82. The van der Waals surface area contributed by atoms with Crippen molar-refractivity contribution in [1.82, 2.24) is 29.5 Å². The van der Waals surface area contributed by atoms with Crippen molar-refractivity contribution in [3.63, 3.8) is 0 Å². The average molecular weight is 1340 g/mol. The Labute approximate surface area is 591 Å². The first-order valence-electron chi connectivity index (χ1n) is 33.9. The lowest BCUT2D eigenvalue weighted by Crippen LogP contribution is -2.04. The number of hydrogen-bond donors (Lipinski definition) is 1. The van der Waals surface area contributed by atoms with Crippen molar-refractivity contribution in [3.8, 4) is 50.7 Å². The van der Waals surface area contributed by atoms with E-state index in [0.29, 0.717) is 5.95 Å². The SMILES string of the molecule is Clc1nc(-c2ccccc2)c2cc(-c3ccccc3)ccc2n1.c1ccc(-c2ccc3nc(-n4c5ccccc5c5ccc6c(ccc7ccc8c9ccccc9sc8c76)c54)nc(-c4ccccc4)c3c2)cc1.c1ccc2c(c1)[nH]c1c2ccc2c1ccc1ccc3c4ccccc4sc3c12. The molecule has 1 N–H and O–H groups in total. The van der Waals surface area contributed by atoms with Crippen LogP contribution in [-0.2, 0) is 0 Å². The summed E-state index contributed by atoms with van der Waals surface area (Å²) in [7, 11) is 0. The van der Waals surface area contributed by atoms with Crippen LogP contribution in [-0.4, -0.2) is 29.5 Å². The third-order valence-corrected chi connectivity index (χ3v) is 22.6. The number of nitrogens with zero attached hydrogens (tertiary/aromatic N) is 5. The highest BCUT2D eigenvalue weighted by atomic mass is 35.5. The smallest absolute Gasteiger partial charge is 0.235 e. The van der Waals surface area contributed by atoms with Crippen LogP contribution in [0.4, 0.5) is 0 Å². The molecule has 0 aliphatic heterocycles. The summed E-state index contributed by atoms with van der Waals surface area (Å²) in [5.41, 5.74) is 14.9. The van der Waals surface area contributed by atoms with Gasteiger partial charge in [-0.25, -0.2) is 19.9 Å². The molecule has 9 heteroatoms. The van der Waals surface area contributed by atoms with Crippen molar-refractivity contribution < 1.29 is 0 Å². The van der Waals surface area contributed by atoms with E-state index in [1.807, 2.05) is 77.3 Å². The fraction of sp³-hybridized carbons (Fsp3) is 0. The van der Waals surface area contributed by atoms with Crippen molar-refractivity contribution >= 4 is 183 Å². The minimum absolute atomic E-state index is 0.267. The summed E-state index contributed by atoms with van der Waals surface area (Å²) >= 11 is 9.90. The van der Waals surface area contributed by atoms with Crippen LogP contribution in [0.15, 0.2) is 328 Å². The number of nitrogens with one attached hydrogen (secondary N) is 1. The van der Waals surface area contributed by atoms with E-state index in [1.165, 1.54) is 127 Å². The fourth-order valence-electron chi connectivity index (χ4n) is 15.4. The van der Waals surface area contributed by atoms with Gasteiger partial charge in [0.05, 0.1) is 39.0 Å². The second-order valence-corrected chi connectivity index (χ2v) is 28.2. The van der Waals surface area contributed by atoms with Gasteiger partial charge in [0.1, 0.15) is 0 Å². The molecule has 0 radical (unpaired) electrons. The number of para-hydroxylation sites is 2. The minimum Gasteiger partial charge on any atom is -0.354 e. The molecule has 22 rings (SSSR count). The van der Waals surface area contributed by atoms with Crippen LogP contribution in [0.5, 0.6) is 0 Å². The van der Waals surface area contributed by atoms with Crippen molar-refractivity contribution in [2.24, 2.45) is 0 Å². The van der Waals surface area contributed by atoms with Crippen molar-refractivity contribution in [2.45, 2.75) is 0 Å². The van der Waals surface area contributed by atoms with Crippen LogP contribution >= 0.6 is 34.3 Å². The van der Waals surface area contributed by atoms with Crippen LogP contribution < -0.4 is 0 Å². The molecule has 6 nitrogen and oxygen atoms in total. The molecule has 22 aromatic rings. The maximum Gasteiger partial charge on any atom is 0.235 e. The van der Waals surface area contributed by atoms with Gasteiger partial charge in [-0.15, -0.1) is 22.7 Å². The van der Waals surface area contributed by atoms with Gasteiger partial charge in [-0.1, -0.05) is 279 Å². The Morgan fingerprint density at radius 1 is 0.287 bits per heavy atom. The highest BCUT2D eigenvalue weighted by Crippen LogP contribution is 2.47. The Morgan fingerprint density at radius 2 is 0.703 bits per heavy atom. The predicted molar refractivity (Wildman–Crippen MR) is 432 cm³/mol. The van der Waals surface area contributed by atoms with Crippen molar-refractivity contribution in [2.75, 3.05) is 0 Å². The number of thiophene rings is 2. The van der Waals surface area contributed by atoms with E-state index in [-0.39, 0.29) is 5.28 Å². The zero-order valence-corrected chi connectivity index (χ0v) is 56.5. The van der Waals surface area contributed by atoms with Gasteiger partial charge >= 0.3 is 0 Å². The Bertz CT molecular complexity index is 7090. The fourth-order valence-corrected chi connectivity index (χ4v) is 18.1. The Morgan fingerprint density at radius 3 is 1.29 bits per heavy atom. The number of hydrogen-bond acceptors (Lipinski definition) is 6. The Balaban J connectivity index is 0.000000113. The maximum absolute atomic E-state index is 6.11. The van der Waals surface area contributed by atoms with Crippen LogP contribution in [0.1, 0.15) is 0 Å². The van der Waals surface area contributed by atoms with E-state index in [9.17, 15) is 0 Å². The topological polar surface area (TPSA) is 72.3 Å². The molecule has 0 fully saturated rings. The first-order chi connectivity index (χ1) is 50.0. The van der Waals surface area contributed by atoms with E-state index in [0.717, 1.165) is 66.5 Å². The molecule has 0 saturated heterocycles. The summed E-state index contributed by atoms with van der Waals surface area (Å²) in [5.74, 6) is 0.669. The van der Waals surface area contributed by atoms with E-state index >= 15 is 0 Å². The molecule has 0 bridgehead atoms. The second-order valence-electron chi connectivity index (χ2n) is 25.7. The molecular formula is C92H55ClN6S2. The van der Waals surface area contributed by atoms with Gasteiger partial charge in [-0.3, -0.25) is 4.57 Å². The summed E-state index contributed by atoms with van der Waals surface area (Å²) in [4.78, 5) is 23.3. The number of H-pyrrole nitrogens is 1. The Kier molecular flexibility index (Phi) is 13.9. The average Bonchev–Trinajstić information content (AvgIpc) is 1.59. The lowest BCUT2D eigenvalue weighted by atomic mass is 9.98. The molecule has 6 heterocycles. The number of aromatic amines is 1. The molecule has 0 aliphatic carbocycles. The lowest BCUT2D eigenvalue weighted by molar-refractivity contribution is 1.02. The Hall–Kier alpha value is -12.4. The van der Waals surface area contributed by atoms with E-state index < -0.39 is 0 Å². The van der Waals surface area contributed by atoms with Crippen LogP contribution in [0.25, 0.3) is 200 Å². The molecule has 0 aliphatic rings. The number of benzene rings is 16. The summed E-state index contributed by atoms with van der Waals surface area (Å²) in [6.45, 7) is 0. The maximum atomic E-state index is 6.11. The monoisotopic (exact) mass is 1340 g/mol. The van der Waals surface area contributed by atoms with Gasteiger partial charge in [0.25, 0.3) is 0 Å². The largest absolute Gasteiger partial charge is 0.354 e. The zero-order chi connectivity index (χ0) is 66.7. The summed E-state index contributed by atoms with van der Waals surface area (Å²) in [6, 6.07) is 116. The number of fused-ring (bicyclic) bond motifs is 24. The molecule has 0 saturated carbocycles. The van der Waals surface area contributed by atoms with Gasteiger partial charge in [0, 0.05) is 111 Å². The van der Waals surface area contributed by atoms with Gasteiger partial charge < -0.3 is 4.98 Å². The van der Waals surface area contributed by atoms with E-state index in [1.54, 1.807) is 0 Å². The number of aromatic nitrogens is 6. The van der Waals surface area contributed by atoms with Crippen molar-refractivity contribution in [1.29, 1.82) is 0 Å². The molecular weight excluding hydrogens is 1290 g/mol. The quantitative estimate of drug-likeness (QED) is 0.138. The molecule has 0 spiro atoms. The molecule has 6 aromatic heterocycles. The van der Waals surface area contributed by atoms with Crippen LogP contribution in [0.3, 0.4) is 0 Å². The van der Waals surface area contributed by atoms with Crippen LogP contribution in [0, 0.1) is 0 Å². The predicted octanol–water partition coefficient (Wildman–Crippen LogP) is 26.3. The molecule has 0 amide bonds. The zero-order valence-electron chi connectivity index (χ0n) is 54.1. The van der Waals surface area contributed by atoms with E-state index in [2.05, 4.69) is 293 Å². The van der Waals surface area contributed by atoms with Gasteiger partial charge in [-0.2, -0.15) is 0 Å². The standard InChI is InChI=1S/C46H27N3S.C26H15NS.C20H13ClN2/c1-3-11-28(12-4-1)31-21-26-39-38(27-31)43(30-13-5-2-6-14-30)48-46(47-39)49-40-17-9-7-15-32(40)35-25-24-34-36(44(35)49)22-19-29-20-23-37-33-16-8-10-18-41(33)50-45(37)42(29)34;1-3-7-22-16(5-1)19-14-13-18-20(25(19)27-22)11-9-15-10-12-21-17-6-2-4-8-23(17)28-26(21)24(15)18;21-20-22-18-12-11-16(14-7-3-1-4-8-14)13-17(18)19(23-20)15-9-5-2-6-10-15/h1-27H;1-14,27H;1-13H.